The summed E-state index contributed by atoms with van der Waals surface area (Å²) in [5.74, 6) is -4.95. The Kier molecular flexibility index (Phi) is 21.2. The van der Waals surface area contributed by atoms with Gasteiger partial charge in [-0.2, -0.15) is 0 Å². The smallest absolute Gasteiger partial charge is 0.336 e. The van der Waals surface area contributed by atoms with Crippen molar-refractivity contribution in [2.45, 2.75) is 25.7 Å². The molecule has 0 saturated heterocycles. The molecular weight excluding hydrogens is 1310 g/mol. The van der Waals surface area contributed by atoms with Crippen molar-refractivity contribution in [2.75, 3.05) is 77.5 Å². The number of imidazole rings is 2. The van der Waals surface area contributed by atoms with Gasteiger partial charge in [0.1, 0.15) is 39.9 Å². The molecule has 1 aliphatic heterocycles. The van der Waals surface area contributed by atoms with Gasteiger partial charge < -0.3 is 100 Å². The number of aryl methyl sites for hydroxylation is 6. The Morgan fingerprint density at radius 1 is 0.490 bits per heavy atom. The lowest BCUT2D eigenvalue weighted by molar-refractivity contribution is -0.117. The van der Waals surface area contributed by atoms with Crippen molar-refractivity contribution in [3.8, 4) is 28.2 Å². The highest BCUT2D eigenvalue weighted by Gasteiger charge is 2.26. The van der Waals surface area contributed by atoms with Crippen LogP contribution >= 0.6 is 12.2 Å². The van der Waals surface area contributed by atoms with Gasteiger partial charge in [0.2, 0.25) is 23.5 Å². The first kappa shape index (κ1) is 70.2. The lowest BCUT2D eigenvalue weighted by atomic mass is 9.90. The van der Waals surface area contributed by atoms with E-state index in [1.54, 1.807) is 83.6 Å². The quantitative estimate of drug-likeness (QED) is 0.0169. The number of phenolic OH excluding ortho intramolecular Hbond substituents is 1. The maximum absolute atomic E-state index is 13.5. The number of carbonyl (C=O) groups is 9. The number of hydrogen-bond acceptors (Lipinski definition) is 16. The largest absolute Gasteiger partial charge is 0.508 e. The average molecular weight is 1380 g/mol. The number of thiocarbonyl (C=S) groups is 1. The van der Waals surface area contributed by atoms with Crippen LogP contribution in [0.3, 0.4) is 0 Å². The molecule has 10 rings (SSSR count). The molecule has 33 heteroatoms. The highest BCUT2D eigenvalue weighted by molar-refractivity contribution is 7.80. The summed E-state index contributed by atoms with van der Waals surface area (Å²) in [6.07, 6.45) is 10.1. The maximum atomic E-state index is 13.5. The van der Waals surface area contributed by atoms with Crippen molar-refractivity contribution in [3.63, 3.8) is 0 Å². The molecule has 100 heavy (non-hydrogen) atoms. The fourth-order valence-corrected chi connectivity index (χ4v) is 11.2. The van der Waals surface area contributed by atoms with E-state index < -0.39 is 47.3 Å². The van der Waals surface area contributed by atoms with E-state index in [-0.39, 0.29) is 117 Å². The Morgan fingerprint density at radius 2 is 0.970 bits per heavy atom. The molecule has 8 aromatic rings. The second-order valence-corrected chi connectivity index (χ2v) is 24.1. The first-order valence-electron chi connectivity index (χ1n) is 31.1. The molecule has 7 heterocycles. The minimum absolute atomic E-state index is 0.0113. The summed E-state index contributed by atoms with van der Waals surface area (Å²) in [5.41, 5.74) is 3.60. The minimum atomic E-state index is -1.26. The van der Waals surface area contributed by atoms with Gasteiger partial charge in [0.25, 0.3) is 35.4 Å². The molecular formula is C67H71N19O13S. The summed E-state index contributed by atoms with van der Waals surface area (Å²) >= 11 is 5.45. The van der Waals surface area contributed by atoms with Crippen LogP contribution in [0.4, 0.5) is 40.1 Å². The van der Waals surface area contributed by atoms with Gasteiger partial charge in [-0.15, -0.1) is 0 Å². The Morgan fingerprint density at radius 3 is 1.48 bits per heavy atom. The number of anilines is 7. The van der Waals surface area contributed by atoms with E-state index in [0.717, 1.165) is 13.0 Å². The summed E-state index contributed by atoms with van der Waals surface area (Å²) < 4.78 is 14.9. The van der Waals surface area contributed by atoms with E-state index in [2.05, 4.69) is 63.1 Å². The Labute approximate surface area is 575 Å². The van der Waals surface area contributed by atoms with Gasteiger partial charge >= 0.3 is 5.97 Å². The minimum Gasteiger partial charge on any atom is -0.508 e. The monoisotopic (exact) mass is 1380 g/mol. The number of fused-ring (bicyclic) bond motifs is 2. The molecule has 0 spiro atoms. The lowest BCUT2D eigenvalue weighted by Gasteiger charge is -2.18. The molecule has 518 valence electrons. The number of carboxylic acid groups (broad SMARTS) is 1. The molecule has 0 unspecified atom stereocenters. The van der Waals surface area contributed by atoms with Crippen LogP contribution < -0.4 is 58.6 Å². The fourth-order valence-electron chi connectivity index (χ4n) is 10.9. The van der Waals surface area contributed by atoms with E-state index in [0.29, 0.717) is 57.1 Å². The highest BCUT2D eigenvalue weighted by atomic mass is 32.1. The van der Waals surface area contributed by atoms with Crippen LogP contribution in [0.1, 0.15) is 99.2 Å². The lowest BCUT2D eigenvalue weighted by Crippen LogP contribution is -2.31. The summed E-state index contributed by atoms with van der Waals surface area (Å²) in [7, 11) is 13.6. The van der Waals surface area contributed by atoms with Gasteiger partial charge in [0, 0.05) is 140 Å². The third-order valence-corrected chi connectivity index (χ3v) is 15.9. The van der Waals surface area contributed by atoms with Gasteiger partial charge in [-0.1, -0.05) is 6.07 Å². The van der Waals surface area contributed by atoms with Gasteiger partial charge in [0.05, 0.1) is 28.3 Å². The zero-order chi connectivity index (χ0) is 71.8. The molecule has 0 saturated carbocycles. The van der Waals surface area contributed by atoms with E-state index in [9.17, 15) is 58.2 Å². The van der Waals surface area contributed by atoms with Crippen LogP contribution in [-0.2, 0) is 51.9 Å². The predicted octanol–water partition coefficient (Wildman–Crippen LogP) is 5.94. The average Bonchev–Trinajstić information content (AvgIpc) is 1.29. The summed E-state index contributed by atoms with van der Waals surface area (Å²) in [6.45, 7) is 1.48. The number of aromatic nitrogens is 8. The van der Waals surface area contributed by atoms with Crippen molar-refractivity contribution >= 4 is 122 Å². The second-order valence-electron chi connectivity index (χ2n) is 23.7. The van der Waals surface area contributed by atoms with E-state index in [1.165, 1.54) is 102 Å². The van der Waals surface area contributed by atoms with Crippen molar-refractivity contribution in [1.82, 2.24) is 58.2 Å². The number of nitrogens with one attached hydrogen (secondary N) is 10. The standard InChI is InChI=1S/C67H71N19O13S/c1-80(2)22-10-20-69-61(92)48-25-38(31-82(48)4)72-63(94)50-26-39(32-83(50)5)73-64(95)58-78-53(34-85(58)7)76-55(89)11-9-19-68-60(91)47-24-37(30-81(47)3)71-62(93)49-27-40(33-84(49)6)74-65(96)59-79-54(35-86(59)8)77-56(90)18-21-70-67(100)75-36-12-15-43(45(23-36)66(97)98)57-44-16-13-42(88)29-52(44)99-51-17-14-41(87)28-46(51)57/h12-17,23-35,87H,9-11,18-22H2,1-8H3,(H,68,91)(H,69,92)(H,71,93)(H,72,94)(H,73,95)(H,74,96)(H,76,89)(H,77,90)(H,97,98)(H2,70,75,100). The maximum Gasteiger partial charge on any atom is 0.336 e. The number of hydrogen-bond donors (Lipinski definition) is 12. The number of nitrogens with zero attached hydrogens (tertiary/aromatic N) is 9. The number of benzene rings is 3. The molecule has 0 fully saturated rings. The van der Waals surface area contributed by atoms with Crippen LogP contribution in [0.15, 0.2) is 125 Å². The van der Waals surface area contributed by atoms with Gasteiger partial charge in [-0.25, -0.2) is 14.8 Å². The number of rotatable bonds is 26. The topological polar surface area (TPSA) is 403 Å². The molecule has 0 atom stereocenters. The molecule has 1 aliphatic carbocycles. The second kappa shape index (κ2) is 30.2. The Hall–Kier alpha value is -12.7. The van der Waals surface area contributed by atoms with Gasteiger partial charge in [0.15, 0.2) is 22.2 Å². The molecule has 6 aromatic heterocycles. The Bertz CT molecular complexity index is 4930. The summed E-state index contributed by atoms with van der Waals surface area (Å²) in [4.78, 5) is 141. The molecule has 0 radical (unpaired) electrons. The third kappa shape index (κ3) is 16.8. The van der Waals surface area contributed by atoms with Crippen molar-refractivity contribution in [1.29, 1.82) is 0 Å². The molecule has 2 aliphatic rings. The first-order valence-corrected chi connectivity index (χ1v) is 31.5. The molecule has 12 N–H and O–H groups in total. The zero-order valence-electron chi connectivity index (χ0n) is 55.4. The van der Waals surface area contributed by atoms with Gasteiger partial charge in [-0.05, 0) is 118 Å². The van der Waals surface area contributed by atoms with E-state index in [1.807, 2.05) is 19.0 Å². The molecule has 32 nitrogen and oxygen atoms in total. The third-order valence-electron chi connectivity index (χ3n) is 15.7. The van der Waals surface area contributed by atoms with Crippen LogP contribution in [0.5, 0.6) is 5.75 Å². The van der Waals surface area contributed by atoms with Gasteiger partial charge in [-0.3, -0.25) is 43.2 Å². The number of carboxylic acids is 1. The van der Waals surface area contributed by atoms with Crippen LogP contribution in [-0.4, -0.2) is 151 Å². The number of phenols is 1. The number of aromatic hydroxyl groups is 1. The van der Waals surface area contributed by atoms with Crippen molar-refractivity contribution < 1.29 is 57.8 Å². The summed E-state index contributed by atoms with van der Waals surface area (Å²) in [6, 6.07) is 19.1. The number of amides is 8. The van der Waals surface area contributed by atoms with Crippen molar-refractivity contribution in [3.05, 3.63) is 166 Å². The SMILES string of the molecule is CN(C)CCCNC(=O)c1cc(NC(=O)c2cc(NC(=O)c3nc(NC(=O)CCCNC(=O)c4cc(NC(=O)c5cc(NC(=O)c6nc(NC(=O)CCNC(=S)Nc7ccc(-c8c9ccc(=O)cc-9oc9ccc(O)cc89)c(C(=O)O)c7)cn6C)cn5C)cn4C)cn3C)cn2C)cn1C. The predicted molar refractivity (Wildman–Crippen MR) is 376 cm³/mol. The number of carbonyl (C=O) groups excluding carboxylic acids is 8. The van der Waals surface area contributed by atoms with E-state index in [4.69, 9.17) is 16.6 Å². The number of aromatic carboxylic acids is 1. The highest BCUT2D eigenvalue weighted by Crippen LogP contribution is 2.43. The van der Waals surface area contributed by atoms with E-state index >= 15 is 0 Å². The first-order chi connectivity index (χ1) is 47.6. The van der Waals surface area contributed by atoms with Crippen LogP contribution in [0, 0.1) is 0 Å². The van der Waals surface area contributed by atoms with Crippen LogP contribution in [0.2, 0.25) is 0 Å². The molecule has 8 amide bonds. The normalized spacial score (nSPS) is 11.1. The molecule has 0 bridgehead atoms. The molecule has 2 aromatic carbocycles. The fraction of sp³-hybridized carbons (Fsp3) is 0.239. The van der Waals surface area contributed by atoms with Crippen LogP contribution in [0.25, 0.3) is 33.4 Å². The van der Waals surface area contributed by atoms with Crippen molar-refractivity contribution in [2.24, 2.45) is 42.3 Å². The zero-order valence-corrected chi connectivity index (χ0v) is 56.3. The Balaban J connectivity index is 0.637. The summed E-state index contributed by atoms with van der Waals surface area (Å²) in [5, 5.41) is 49.0.